The highest BCUT2D eigenvalue weighted by Gasteiger charge is 2.29. The Morgan fingerprint density at radius 1 is 1.15 bits per heavy atom. The van der Waals surface area contributed by atoms with E-state index >= 15 is 0 Å². The van der Waals surface area contributed by atoms with Crippen LogP contribution in [-0.4, -0.2) is 65.0 Å². The zero-order valence-electron chi connectivity index (χ0n) is 23.7. The van der Waals surface area contributed by atoms with Crippen LogP contribution in [0.15, 0.2) is 30.3 Å². The van der Waals surface area contributed by atoms with Gasteiger partial charge in [0.2, 0.25) is 0 Å². The molecule has 1 aromatic carbocycles. The summed E-state index contributed by atoms with van der Waals surface area (Å²) < 4.78 is 13.3. The number of carbonyl (C=O) groups excluding carboxylic acids is 2. The summed E-state index contributed by atoms with van der Waals surface area (Å²) in [4.78, 5) is 34.6. The SMILES string of the molecule is CCCCCCN(C(=O)Nc1ccc(F)cc1)C1CCN(C(C)CCNC(=O)c2c(C)cc(Cl)nc2C)CC1. The average molecular weight is 560 g/mol. The van der Waals surface area contributed by atoms with E-state index in [0.29, 0.717) is 34.7 Å². The van der Waals surface area contributed by atoms with E-state index in [1.165, 1.54) is 12.1 Å². The van der Waals surface area contributed by atoms with Gasteiger partial charge in [0, 0.05) is 44.0 Å². The van der Waals surface area contributed by atoms with Crippen LogP contribution in [0.3, 0.4) is 0 Å². The molecule has 2 N–H and O–H groups in total. The molecule has 0 spiro atoms. The van der Waals surface area contributed by atoms with Gasteiger partial charge < -0.3 is 20.4 Å². The van der Waals surface area contributed by atoms with Crippen molar-refractivity contribution in [3.63, 3.8) is 0 Å². The zero-order valence-corrected chi connectivity index (χ0v) is 24.5. The van der Waals surface area contributed by atoms with Gasteiger partial charge in [0.25, 0.3) is 5.91 Å². The maximum atomic E-state index is 13.3. The number of piperidine rings is 1. The number of unbranched alkanes of at least 4 members (excludes halogenated alkanes) is 3. The Hall–Kier alpha value is -2.71. The zero-order chi connectivity index (χ0) is 28.4. The number of halogens is 2. The topological polar surface area (TPSA) is 77.6 Å². The number of nitrogens with zero attached hydrogens (tertiary/aromatic N) is 3. The summed E-state index contributed by atoms with van der Waals surface area (Å²) in [5, 5.41) is 6.39. The molecule has 0 bridgehead atoms. The van der Waals surface area contributed by atoms with Crippen LogP contribution in [0.1, 0.15) is 80.4 Å². The fourth-order valence-electron chi connectivity index (χ4n) is 5.32. The first-order chi connectivity index (χ1) is 18.7. The number of aromatic nitrogens is 1. The van der Waals surface area contributed by atoms with Gasteiger partial charge >= 0.3 is 6.03 Å². The summed E-state index contributed by atoms with van der Waals surface area (Å²) in [6.45, 7) is 11.1. The largest absolute Gasteiger partial charge is 0.352 e. The van der Waals surface area contributed by atoms with Crippen LogP contribution in [0.4, 0.5) is 14.9 Å². The lowest BCUT2D eigenvalue weighted by molar-refractivity contribution is 0.0923. The van der Waals surface area contributed by atoms with Gasteiger partial charge in [0.1, 0.15) is 11.0 Å². The number of likely N-dealkylation sites (tertiary alicyclic amines) is 1. The number of anilines is 1. The molecule has 7 nitrogen and oxygen atoms in total. The van der Waals surface area contributed by atoms with E-state index < -0.39 is 0 Å². The lowest BCUT2D eigenvalue weighted by Gasteiger charge is -2.40. The second-order valence-corrected chi connectivity index (χ2v) is 11.0. The quantitative estimate of drug-likeness (QED) is 0.227. The third-order valence-electron chi connectivity index (χ3n) is 7.61. The maximum Gasteiger partial charge on any atom is 0.322 e. The van der Waals surface area contributed by atoms with Crippen molar-refractivity contribution in [2.75, 3.05) is 31.5 Å². The first-order valence-electron chi connectivity index (χ1n) is 14.2. The molecule has 39 heavy (non-hydrogen) atoms. The lowest BCUT2D eigenvalue weighted by Crippen LogP contribution is -2.51. The van der Waals surface area contributed by atoms with Crippen molar-refractivity contribution >= 4 is 29.2 Å². The molecule has 1 aromatic heterocycles. The van der Waals surface area contributed by atoms with Crippen LogP contribution in [0, 0.1) is 19.7 Å². The summed E-state index contributed by atoms with van der Waals surface area (Å²) in [6, 6.07) is 7.98. The van der Waals surface area contributed by atoms with Gasteiger partial charge in [-0.15, -0.1) is 0 Å². The molecule has 0 aliphatic carbocycles. The van der Waals surface area contributed by atoms with Gasteiger partial charge in [-0.05, 0) is 82.3 Å². The van der Waals surface area contributed by atoms with E-state index in [4.69, 9.17) is 11.6 Å². The van der Waals surface area contributed by atoms with Gasteiger partial charge in [-0.2, -0.15) is 0 Å². The van der Waals surface area contributed by atoms with Crippen LogP contribution in [0.5, 0.6) is 0 Å². The molecular weight excluding hydrogens is 517 g/mol. The second-order valence-electron chi connectivity index (χ2n) is 10.6. The van der Waals surface area contributed by atoms with Crippen molar-refractivity contribution in [1.82, 2.24) is 20.1 Å². The van der Waals surface area contributed by atoms with Gasteiger partial charge in [-0.25, -0.2) is 14.2 Å². The van der Waals surface area contributed by atoms with Crippen molar-refractivity contribution in [3.05, 3.63) is 58.1 Å². The normalized spacial score (nSPS) is 15.1. The lowest BCUT2D eigenvalue weighted by atomic mass is 10.0. The minimum atomic E-state index is -0.322. The summed E-state index contributed by atoms with van der Waals surface area (Å²) in [6.07, 6.45) is 7.02. The minimum absolute atomic E-state index is 0.116. The minimum Gasteiger partial charge on any atom is -0.352 e. The van der Waals surface area contributed by atoms with E-state index in [0.717, 1.165) is 70.1 Å². The molecule has 2 heterocycles. The van der Waals surface area contributed by atoms with Gasteiger partial charge in [0.05, 0.1) is 11.3 Å². The Balaban J connectivity index is 1.50. The first-order valence-corrected chi connectivity index (χ1v) is 14.6. The molecule has 1 saturated heterocycles. The molecule has 1 aliphatic heterocycles. The number of aryl methyl sites for hydroxylation is 2. The highest BCUT2D eigenvalue weighted by atomic mass is 35.5. The van der Waals surface area contributed by atoms with Gasteiger partial charge in [-0.3, -0.25) is 4.79 Å². The Bertz CT molecular complexity index is 1070. The summed E-state index contributed by atoms with van der Waals surface area (Å²) in [5.74, 6) is -0.441. The molecule has 1 fully saturated rings. The fourth-order valence-corrected chi connectivity index (χ4v) is 5.61. The highest BCUT2D eigenvalue weighted by molar-refractivity contribution is 6.29. The standard InChI is InChI=1S/C30H43ClFN5O2/c1-5-6-7-8-17-37(30(39)35-25-11-9-24(32)10-12-25)26-14-18-36(19-15-26)22(3)13-16-33-29(38)28-21(2)20-27(31)34-23(28)4/h9-12,20,22,26H,5-8,13-19H2,1-4H3,(H,33,38)(H,35,39). The number of nitrogens with one attached hydrogen (secondary N) is 2. The van der Waals surface area contributed by atoms with Crippen molar-refractivity contribution in [3.8, 4) is 0 Å². The number of hydrogen-bond donors (Lipinski definition) is 2. The van der Waals surface area contributed by atoms with E-state index in [9.17, 15) is 14.0 Å². The molecule has 2 aromatic rings. The number of rotatable bonds is 12. The van der Waals surface area contributed by atoms with Crippen LogP contribution in [0.2, 0.25) is 5.15 Å². The Morgan fingerprint density at radius 3 is 2.49 bits per heavy atom. The number of benzene rings is 1. The molecule has 9 heteroatoms. The first kappa shape index (κ1) is 30.8. The van der Waals surface area contributed by atoms with E-state index in [1.54, 1.807) is 25.1 Å². The number of urea groups is 1. The molecule has 1 atom stereocenters. The second kappa shape index (κ2) is 15.2. The summed E-state index contributed by atoms with van der Waals surface area (Å²) in [7, 11) is 0. The number of carbonyl (C=O) groups is 2. The van der Waals surface area contributed by atoms with Gasteiger partial charge in [0.15, 0.2) is 0 Å². The summed E-state index contributed by atoms with van der Waals surface area (Å²) >= 11 is 6.00. The molecule has 1 aliphatic rings. The molecule has 0 radical (unpaired) electrons. The molecule has 3 amide bonds. The smallest absolute Gasteiger partial charge is 0.322 e. The Kier molecular flexibility index (Phi) is 12.0. The predicted octanol–water partition coefficient (Wildman–Crippen LogP) is 6.58. The van der Waals surface area contributed by atoms with Crippen molar-refractivity contribution in [2.45, 2.75) is 84.7 Å². The number of amides is 3. The van der Waals surface area contributed by atoms with Crippen molar-refractivity contribution in [2.24, 2.45) is 0 Å². The average Bonchev–Trinajstić information content (AvgIpc) is 2.89. The van der Waals surface area contributed by atoms with Crippen LogP contribution >= 0.6 is 11.6 Å². The number of pyridine rings is 1. The van der Waals surface area contributed by atoms with Crippen LogP contribution in [0.25, 0.3) is 0 Å². The highest BCUT2D eigenvalue weighted by Crippen LogP contribution is 2.22. The molecule has 1 unspecified atom stereocenters. The molecule has 0 saturated carbocycles. The third-order valence-corrected chi connectivity index (χ3v) is 7.81. The van der Waals surface area contributed by atoms with Crippen LogP contribution in [-0.2, 0) is 0 Å². The summed E-state index contributed by atoms with van der Waals surface area (Å²) in [5.41, 5.74) is 2.65. The maximum absolute atomic E-state index is 13.3. The predicted molar refractivity (Wildman–Crippen MR) is 156 cm³/mol. The van der Waals surface area contributed by atoms with Crippen LogP contribution < -0.4 is 10.6 Å². The van der Waals surface area contributed by atoms with Crippen molar-refractivity contribution in [1.29, 1.82) is 0 Å². The Morgan fingerprint density at radius 2 is 1.85 bits per heavy atom. The van der Waals surface area contributed by atoms with E-state index in [-0.39, 0.29) is 23.8 Å². The van der Waals surface area contributed by atoms with E-state index in [2.05, 4.69) is 34.4 Å². The molecule has 214 valence electrons. The molecule has 3 rings (SSSR count). The third kappa shape index (κ3) is 9.17. The Labute approximate surface area is 237 Å². The monoisotopic (exact) mass is 559 g/mol. The fraction of sp³-hybridized carbons (Fsp3) is 0.567. The van der Waals surface area contributed by atoms with Gasteiger partial charge in [-0.1, -0.05) is 37.8 Å². The number of hydrogen-bond acceptors (Lipinski definition) is 4. The van der Waals surface area contributed by atoms with E-state index in [1.807, 2.05) is 11.8 Å². The van der Waals surface area contributed by atoms with Crippen molar-refractivity contribution < 1.29 is 14.0 Å². The molecular formula is C30H43ClFN5O2.